The van der Waals surface area contributed by atoms with Crippen molar-refractivity contribution in [3.05, 3.63) is 54.0 Å². The first-order valence-corrected chi connectivity index (χ1v) is 11.1. The molecule has 4 rings (SSSR count). The van der Waals surface area contributed by atoms with Crippen LogP contribution in [0.15, 0.2) is 47.1 Å². The Kier molecular flexibility index (Phi) is 6.99. The minimum Gasteiger partial charge on any atom is -0.496 e. The van der Waals surface area contributed by atoms with Crippen LogP contribution in [0.2, 0.25) is 0 Å². The van der Waals surface area contributed by atoms with Crippen molar-refractivity contribution in [2.45, 2.75) is 32.6 Å². The van der Waals surface area contributed by atoms with E-state index in [9.17, 15) is 4.79 Å². The van der Waals surface area contributed by atoms with Crippen LogP contribution < -0.4 is 9.64 Å². The number of rotatable bonds is 7. The number of carbonyl (C=O) groups excluding carboxylic acids is 1. The van der Waals surface area contributed by atoms with E-state index in [0.29, 0.717) is 37.8 Å². The zero-order chi connectivity index (χ0) is 22.3. The molecule has 0 N–H and O–H groups in total. The number of hydrogen-bond donors (Lipinski definition) is 0. The minimum absolute atomic E-state index is 0.110. The second-order valence-corrected chi connectivity index (χ2v) is 7.85. The first-order valence-electron chi connectivity index (χ1n) is 11.1. The largest absolute Gasteiger partial charge is 0.496 e. The third-order valence-corrected chi connectivity index (χ3v) is 5.64. The number of carbonyl (C=O) groups is 1. The highest BCUT2D eigenvalue weighted by Gasteiger charge is 2.24. The number of methoxy groups -OCH3 is 1. The van der Waals surface area contributed by atoms with Gasteiger partial charge in [-0.15, -0.1) is 0 Å². The SMILES string of the molecule is CCCc1noc(-c2cccnc2N2CCCN(C(=O)Cc3ccccc3OC)CC2)n1. The molecule has 168 valence electrons. The van der Waals surface area contributed by atoms with E-state index in [4.69, 9.17) is 9.26 Å². The summed E-state index contributed by atoms with van der Waals surface area (Å²) in [4.78, 5) is 26.3. The van der Waals surface area contributed by atoms with E-state index < -0.39 is 0 Å². The van der Waals surface area contributed by atoms with E-state index in [1.807, 2.05) is 41.3 Å². The molecule has 32 heavy (non-hydrogen) atoms. The Balaban J connectivity index is 1.46. The van der Waals surface area contributed by atoms with Gasteiger partial charge in [-0.05, 0) is 31.0 Å². The lowest BCUT2D eigenvalue weighted by Crippen LogP contribution is -2.36. The van der Waals surface area contributed by atoms with E-state index in [0.717, 1.165) is 48.5 Å². The molecule has 8 heteroatoms. The van der Waals surface area contributed by atoms with Crippen molar-refractivity contribution < 1.29 is 14.1 Å². The van der Waals surface area contributed by atoms with Gasteiger partial charge in [0.25, 0.3) is 5.89 Å². The van der Waals surface area contributed by atoms with Gasteiger partial charge in [0.1, 0.15) is 11.6 Å². The third kappa shape index (κ3) is 4.90. The maximum Gasteiger partial charge on any atom is 0.261 e. The molecule has 0 radical (unpaired) electrons. The van der Waals surface area contributed by atoms with E-state index in [-0.39, 0.29) is 5.91 Å². The maximum atomic E-state index is 13.0. The van der Waals surface area contributed by atoms with Gasteiger partial charge >= 0.3 is 0 Å². The number of ether oxygens (including phenoxy) is 1. The Morgan fingerprint density at radius 1 is 1.12 bits per heavy atom. The van der Waals surface area contributed by atoms with E-state index in [1.54, 1.807) is 13.3 Å². The molecule has 0 bridgehead atoms. The third-order valence-electron chi connectivity index (χ3n) is 5.64. The molecule has 0 spiro atoms. The number of nitrogens with zero attached hydrogens (tertiary/aromatic N) is 5. The van der Waals surface area contributed by atoms with Crippen LogP contribution in [0.4, 0.5) is 5.82 Å². The van der Waals surface area contributed by atoms with Gasteiger partial charge in [0.2, 0.25) is 5.91 Å². The highest BCUT2D eigenvalue weighted by atomic mass is 16.5. The van der Waals surface area contributed by atoms with Gasteiger partial charge in [0.15, 0.2) is 5.82 Å². The van der Waals surface area contributed by atoms with Gasteiger partial charge in [-0.2, -0.15) is 4.98 Å². The fraction of sp³-hybridized carbons (Fsp3) is 0.417. The summed E-state index contributed by atoms with van der Waals surface area (Å²) < 4.78 is 10.9. The summed E-state index contributed by atoms with van der Waals surface area (Å²) in [5.74, 6) is 2.88. The Morgan fingerprint density at radius 3 is 2.84 bits per heavy atom. The number of anilines is 1. The number of para-hydroxylation sites is 1. The molecule has 2 aromatic heterocycles. The predicted octanol–water partition coefficient (Wildman–Crippen LogP) is 3.37. The Labute approximate surface area is 188 Å². The summed E-state index contributed by atoms with van der Waals surface area (Å²) in [5, 5.41) is 4.08. The average Bonchev–Trinajstić information content (AvgIpc) is 3.14. The molecule has 1 saturated heterocycles. The minimum atomic E-state index is 0.110. The Hall–Kier alpha value is -3.42. The molecule has 0 aliphatic carbocycles. The number of aryl methyl sites for hydroxylation is 1. The smallest absolute Gasteiger partial charge is 0.261 e. The van der Waals surface area contributed by atoms with Gasteiger partial charge in [-0.25, -0.2) is 4.98 Å². The lowest BCUT2D eigenvalue weighted by Gasteiger charge is -2.24. The van der Waals surface area contributed by atoms with Crippen LogP contribution in [0.1, 0.15) is 31.2 Å². The molecule has 0 saturated carbocycles. The number of hydrogen-bond acceptors (Lipinski definition) is 7. The second-order valence-electron chi connectivity index (χ2n) is 7.85. The molecule has 1 fully saturated rings. The fourth-order valence-corrected chi connectivity index (χ4v) is 4.01. The van der Waals surface area contributed by atoms with Gasteiger partial charge in [0.05, 0.1) is 19.1 Å². The van der Waals surface area contributed by atoms with Crippen LogP contribution >= 0.6 is 0 Å². The van der Waals surface area contributed by atoms with Crippen molar-refractivity contribution >= 4 is 11.7 Å². The van der Waals surface area contributed by atoms with Crippen LogP contribution in [-0.2, 0) is 17.6 Å². The first kappa shape index (κ1) is 21.8. The van der Waals surface area contributed by atoms with Crippen LogP contribution in [0.25, 0.3) is 11.5 Å². The highest BCUT2D eigenvalue weighted by molar-refractivity contribution is 5.79. The van der Waals surface area contributed by atoms with Crippen molar-refractivity contribution in [3.8, 4) is 17.2 Å². The standard InChI is InChI=1S/C24H29N5O3/c1-3-8-21-26-24(32-27-21)19-10-6-12-25-23(19)29-14-7-13-28(15-16-29)22(30)17-18-9-4-5-11-20(18)31-2/h4-6,9-12H,3,7-8,13-17H2,1-2H3. The first-order chi connectivity index (χ1) is 15.7. The molecular formula is C24H29N5O3. The zero-order valence-electron chi connectivity index (χ0n) is 18.7. The molecule has 1 aliphatic heterocycles. The van der Waals surface area contributed by atoms with Crippen molar-refractivity contribution in [3.63, 3.8) is 0 Å². The van der Waals surface area contributed by atoms with Gasteiger partial charge in [0, 0.05) is 44.4 Å². The number of pyridine rings is 1. The zero-order valence-corrected chi connectivity index (χ0v) is 18.7. The summed E-state index contributed by atoms with van der Waals surface area (Å²) in [6.07, 6.45) is 4.72. The molecule has 3 aromatic rings. The summed E-state index contributed by atoms with van der Waals surface area (Å²) in [7, 11) is 1.63. The van der Waals surface area contributed by atoms with Crippen LogP contribution in [0.5, 0.6) is 5.75 Å². The van der Waals surface area contributed by atoms with E-state index in [1.165, 1.54) is 0 Å². The van der Waals surface area contributed by atoms with Gasteiger partial charge in [-0.1, -0.05) is 30.3 Å². The number of amides is 1. The summed E-state index contributed by atoms with van der Waals surface area (Å²) in [6.45, 7) is 4.93. The summed E-state index contributed by atoms with van der Waals surface area (Å²) in [5.41, 5.74) is 1.74. The summed E-state index contributed by atoms with van der Waals surface area (Å²) >= 11 is 0. The molecular weight excluding hydrogens is 406 g/mol. The maximum absolute atomic E-state index is 13.0. The van der Waals surface area contributed by atoms with Crippen LogP contribution in [0, 0.1) is 0 Å². The average molecular weight is 436 g/mol. The number of aromatic nitrogens is 3. The Bertz CT molecular complexity index is 1050. The molecule has 8 nitrogen and oxygen atoms in total. The van der Waals surface area contributed by atoms with Gasteiger partial charge < -0.3 is 19.1 Å². The van der Waals surface area contributed by atoms with Crippen LogP contribution in [0.3, 0.4) is 0 Å². The highest BCUT2D eigenvalue weighted by Crippen LogP contribution is 2.28. The van der Waals surface area contributed by atoms with Crippen LogP contribution in [-0.4, -0.2) is 59.2 Å². The normalized spacial score (nSPS) is 14.3. The fourth-order valence-electron chi connectivity index (χ4n) is 4.01. The topological polar surface area (TPSA) is 84.6 Å². The monoisotopic (exact) mass is 435 g/mol. The quantitative estimate of drug-likeness (QED) is 0.562. The molecule has 0 atom stereocenters. The lowest BCUT2D eigenvalue weighted by atomic mass is 10.1. The van der Waals surface area contributed by atoms with Crippen molar-refractivity contribution in [1.82, 2.24) is 20.0 Å². The molecule has 1 aliphatic rings. The van der Waals surface area contributed by atoms with E-state index >= 15 is 0 Å². The molecule has 0 unspecified atom stereocenters. The van der Waals surface area contributed by atoms with Crippen molar-refractivity contribution in [1.29, 1.82) is 0 Å². The predicted molar refractivity (Wildman–Crippen MR) is 122 cm³/mol. The van der Waals surface area contributed by atoms with Crippen molar-refractivity contribution in [2.24, 2.45) is 0 Å². The number of benzene rings is 1. The lowest BCUT2D eigenvalue weighted by molar-refractivity contribution is -0.130. The molecule has 3 heterocycles. The van der Waals surface area contributed by atoms with Gasteiger partial charge in [-0.3, -0.25) is 4.79 Å². The second kappa shape index (κ2) is 10.3. The van der Waals surface area contributed by atoms with Crippen molar-refractivity contribution in [2.75, 3.05) is 38.2 Å². The van der Waals surface area contributed by atoms with E-state index in [2.05, 4.69) is 26.9 Å². The Morgan fingerprint density at radius 2 is 2.00 bits per heavy atom. The molecule has 1 amide bonds. The molecule has 1 aromatic carbocycles. The summed E-state index contributed by atoms with van der Waals surface area (Å²) in [6, 6.07) is 11.5.